The summed E-state index contributed by atoms with van der Waals surface area (Å²) < 4.78 is 0. The van der Waals surface area contributed by atoms with Gasteiger partial charge in [-0.2, -0.15) is 0 Å². The van der Waals surface area contributed by atoms with E-state index in [0.29, 0.717) is 0 Å². The molecule has 0 nitrogen and oxygen atoms in total. The zero-order chi connectivity index (χ0) is 44.3. The topological polar surface area (TPSA) is 0 Å². The average Bonchev–Trinajstić information content (AvgIpc) is 3.40. The summed E-state index contributed by atoms with van der Waals surface area (Å²) in [4.78, 5) is 0. The van der Waals surface area contributed by atoms with Gasteiger partial charge in [-0.1, -0.05) is 279 Å². The maximum atomic E-state index is 2.30. The SMILES string of the molecule is C(=Cc1ccc2ccccc2c1C=Cc1ccc(C=C(c2ccccc2)c2ccc(-c3ccccc3)cc2)cc1)c1ccc(C=C(c2ccccc2)c2ccc(-c3ccccc3)cc2)cc1. The first-order valence-corrected chi connectivity index (χ1v) is 22.6. The molecule has 0 unspecified atom stereocenters. The van der Waals surface area contributed by atoms with Crippen molar-refractivity contribution in [1.82, 2.24) is 0 Å². The van der Waals surface area contributed by atoms with Crippen LogP contribution in [-0.2, 0) is 0 Å². The highest BCUT2D eigenvalue weighted by molar-refractivity contribution is 5.98. The molecular formula is C66H48. The summed E-state index contributed by atoms with van der Waals surface area (Å²) in [5.41, 5.74) is 19.0. The number of fused-ring (bicyclic) bond motifs is 1. The maximum Gasteiger partial charge on any atom is -0.0105 e. The molecule has 0 aliphatic carbocycles. The molecular weight excluding hydrogens is 793 g/mol. The van der Waals surface area contributed by atoms with Crippen LogP contribution in [0.5, 0.6) is 0 Å². The minimum atomic E-state index is 1.15. The van der Waals surface area contributed by atoms with Gasteiger partial charge in [0.1, 0.15) is 0 Å². The zero-order valence-electron chi connectivity index (χ0n) is 36.7. The predicted molar refractivity (Wildman–Crippen MR) is 285 cm³/mol. The highest BCUT2D eigenvalue weighted by atomic mass is 14.1. The number of rotatable bonds is 12. The van der Waals surface area contributed by atoms with Crippen molar-refractivity contribution in [3.8, 4) is 22.3 Å². The first-order valence-electron chi connectivity index (χ1n) is 22.6. The lowest BCUT2D eigenvalue weighted by atomic mass is 9.93. The van der Waals surface area contributed by atoms with Crippen molar-refractivity contribution < 1.29 is 0 Å². The lowest BCUT2D eigenvalue weighted by Crippen LogP contribution is -1.89. The Hall–Kier alpha value is -8.58. The molecule has 0 fully saturated rings. The molecule has 0 aliphatic rings. The van der Waals surface area contributed by atoms with Crippen LogP contribution in [0, 0.1) is 0 Å². The fourth-order valence-electron chi connectivity index (χ4n) is 8.60. The second-order valence-corrected chi connectivity index (χ2v) is 16.5. The summed E-state index contributed by atoms with van der Waals surface area (Å²) in [6.07, 6.45) is 13.5. The Morgan fingerprint density at radius 3 is 1.08 bits per heavy atom. The third-order valence-corrected chi connectivity index (χ3v) is 12.2. The van der Waals surface area contributed by atoms with Crippen LogP contribution in [0.4, 0.5) is 0 Å². The first-order chi connectivity index (χ1) is 32.7. The van der Waals surface area contributed by atoms with Gasteiger partial charge in [0.05, 0.1) is 0 Å². The van der Waals surface area contributed by atoms with E-state index in [9.17, 15) is 0 Å². The number of benzene rings is 10. The fourth-order valence-corrected chi connectivity index (χ4v) is 8.60. The minimum absolute atomic E-state index is 1.15. The number of hydrogen-bond donors (Lipinski definition) is 0. The molecule has 0 saturated heterocycles. The third kappa shape index (κ3) is 9.80. The van der Waals surface area contributed by atoms with Gasteiger partial charge in [0.15, 0.2) is 0 Å². The Bertz CT molecular complexity index is 3300. The van der Waals surface area contributed by atoms with Crippen molar-refractivity contribution in [2.24, 2.45) is 0 Å². The van der Waals surface area contributed by atoms with Gasteiger partial charge in [0, 0.05) is 0 Å². The van der Waals surface area contributed by atoms with E-state index in [-0.39, 0.29) is 0 Å². The Kier molecular flexibility index (Phi) is 12.5. The monoisotopic (exact) mass is 840 g/mol. The molecule has 0 N–H and O–H groups in total. The molecule has 0 amide bonds. The summed E-state index contributed by atoms with van der Waals surface area (Å²) >= 11 is 0. The molecule has 10 aromatic rings. The highest BCUT2D eigenvalue weighted by Crippen LogP contribution is 2.32. The Balaban J connectivity index is 0.898. The van der Waals surface area contributed by atoms with E-state index >= 15 is 0 Å². The predicted octanol–water partition coefficient (Wildman–Crippen LogP) is 17.7. The summed E-state index contributed by atoms with van der Waals surface area (Å²) in [7, 11) is 0. The van der Waals surface area contributed by atoms with Crippen molar-refractivity contribution in [3.63, 3.8) is 0 Å². The van der Waals surface area contributed by atoms with Crippen LogP contribution in [0.1, 0.15) is 55.6 Å². The van der Waals surface area contributed by atoms with Crippen LogP contribution in [0.2, 0.25) is 0 Å². The quantitative estimate of drug-likeness (QED) is 0.108. The van der Waals surface area contributed by atoms with Gasteiger partial charge in [-0.15, -0.1) is 0 Å². The van der Waals surface area contributed by atoms with Crippen LogP contribution < -0.4 is 0 Å². The third-order valence-electron chi connectivity index (χ3n) is 12.2. The molecule has 0 aromatic heterocycles. The molecule has 10 rings (SSSR count). The second kappa shape index (κ2) is 19.9. The zero-order valence-corrected chi connectivity index (χ0v) is 36.7. The molecule has 312 valence electrons. The van der Waals surface area contributed by atoms with Gasteiger partial charge in [-0.25, -0.2) is 0 Å². The van der Waals surface area contributed by atoms with Gasteiger partial charge in [0.2, 0.25) is 0 Å². The van der Waals surface area contributed by atoms with Gasteiger partial charge < -0.3 is 0 Å². The maximum absolute atomic E-state index is 2.30. The summed E-state index contributed by atoms with van der Waals surface area (Å²) in [6, 6.07) is 91.0. The van der Waals surface area contributed by atoms with Gasteiger partial charge in [-0.3, -0.25) is 0 Å². The van der Waals surface area contributed by atoms with E-state index in [1.165, 1.54) is 77.6 Å². The van der Waals surface area contributed by atoms with Crippen molar-refractivity contribution in [2.45, 2.75) is 0 Å². The Morgan fingerprint density at radius 2 is 0.606 bits per heavy atom. The van der Waals surface area contributed by atoms with E-state index in [2.05, 4.69) is 291 Å². The average molecular weight is 841 g/mol. The number of hydrogen-bond acceptors (Lipinski definition) is 0. The molecule has 0 saturated carbocycles. The normalized spacial score (nSPS) is 12.0. The lowest BCUT2D eigenvalue weighted by Gasteiger charge is -2.11. The van der Waals surface area contributed by atoms with Crippen molar-refractivity contribution in [3.05, 3.63) is 310 Å². The summed E-state index contributed by atoms with van der Waals surface area (Å²) in [5, 5.41) is 2.45. The highest BCUT2D eigenvalue weighted by Gasteiger charge is 2.09. The second-order valence-electron chi connectivity index (χ2n) is 16.5. The minimum Gasteiger partial charge on any atom is -0.0622 e. The van der Waals surface area contributed by atoms with Crippen LogP contribution in [0.25, 0.3) is 80.6 Å². The molecule has 0 heterocycles. The Labute approximate surface area is 389 Å². The molecule has 0 heteroatoms. The fraction of sp³-hybridized carbons (Fsp3) is 0. The van der Waals surface area contributed by atoms with Crippen molar-refractivity contribution >= 4 is 58.4 Å². The van der Waals surface area contributed by atoms with Crippen LogP contribution >= 0.6 is 0 Å². The molecule has 0 radical (unpaired) electrons. The summed E-state index contributed by atoms with van der Waals surface area (Å²) in [5.74, 6) is 0. The molecule has 66 heavy (non-hydrogen) atoms. The van der Waals surface area contributed by atoms with E-state index < -0.39 is 0 Å². The summed E-state index contributed by atoms with van der Waals surface area (Å²) in [6.45, 7) is 0. The largest absolute Gasteiger partial charge is 0.0622 e. The van der Waals surface area contributed by atoms with Crippen LogP contribution in [-0.4, -0.2) is 0 Å². The first kappa shape index (κ1) is 41.4. The molecule has 0 atom stereocenters. The van der Waals surface area contributed by atoms with E-state index in [0.717, 1.165) is 22.3 Å². The van der Waals surface area contributed by atoms with Gasteiger partial charge in [0.25, 0.3) is 0 Å². The van der Waals surface area contributed by atoms with E-state index in [4.69, 9.17) is 0 Å². The van der Waals surface area contributed by atoms with Crippen molar-refractivity contribution in [1.29, 1.82) is 0 Å². The van der Waals surface area contributed by atoms with Gasteiger partial charge >= 0.3 is 0 Å². The smallest absolute Gasteiger partial charge is 0.0105 e. The standard InChI is InChI=1S/C66H48/c1-5-15-53(16-6-1)55-36-40-61(41-37-55)65(57-19-9-3-10-20-57)47-51-29-25-49(26-30-51)33-35-60-45-44-59-23-13-14-24-63(59)64(60)46-34-50-27-31-52(32-28-50)48-66(58-21-11-4-12-22-58)62-42-38-56(39-43-62)54-17-7-2-8-18-54/h1-48H. The molecule has 0 aliphatic heterocycles. The van der Waals surface area contributed by atoms with Crippen LogP contribution in [0.3, 0.4) is 0 Å². The van der Waals surface area contributed by atoms with Crippen LogP contribution in [0.15, 0.2) is 255 Å². The van der Waals surface area contributed by atoms with Crippen molar-refractivity contribution in [2.75, 3.05) is 0 Å². The Morgan fingerprint density at radius 1 is 0.242 bits per heavy atom. The van der Waals surface area contributed by atoms with E-state index in [1.807, 2.05) is 0 Å². The molecule has 0 bridgehead atoms. The molecule has 0 spiro atoms. The lowest BCUT2D eigenvalue weighted by molar-refractivity contribution is 1.54. The molecule has 10 aromatic carbocycles. The van der Waals surface area contributed by atoms with Gasteiger partial charge in [-0.05, 0) is 112 Å². The van der Waals surface area contributed by atoms with E-state index in [1.54, 1.807) is 0 Å².